The number of methoxy groups -OCH3 is 1. The zero-order valence-electron chi connectivity index (χ0n) is 15.5. The molecule has 144 valence electrons. The standard InChI is InChI=1S/C19H24N4O4/c1-25-17-11-16-14(12-20-13-21-16)10-18(17)27-15-2-4-22(5-3-15)19(24)23-6-8-26-9-7-23/h10-13,15H,2-9H2,1H3. The topological polar surface area (TPSA) is 77.0 Å². The molecular weight excluding hydrogens is 348 g/mol. The highest BCUT2D eigenvalue weighted by Gasteiger charge is 2.28. The first-order chi connectivity index (χ1) is 13.2. The van der Waals surface area contributed by atoms with E-state index in [4.69, 9.17) is 14.2 Å². The van der Waals surface area contributed by atoms with Gasteiger partial charge in [-0.05, 0) is 6.07 Å². The minimum atomic E-state index is 0.0507. The minimum absolute atomic E-state index is 0.0507. The Bertz CT molecular complexity index is 801. The molecular formula is C19H24N4O4. The number of hydrogen-bond donors (Lipinski definition) is 0. The van der Waals surface area contributed by atoms with Gasteiger partial charge in [0.2, 0.25) is 0 Å². The SMILES string of the molecule is COc1cc2ncncc2cc1OC1CCN(C(=O)N2CCOCC2)CC1. The van der Waals surface area contributed by atoms with Crippen LogP contribution in [0.4, 0.5) is 4.79 Å². The van der Waals surface area contributed by atoms with Crippen LogP contribution in [0.1, 0.15) is 12.8 Å². The highest BCUT2D eigenvalue weighted by molar-refractivity contribution is 5.81. The third-order valence-electron chi connectivity index (χ3n) is 5.08. The summed E-state index contributed by atoms with van der Waals surface area (Å²) in [6.45, 7) is 3.98. The van der Waals surface area contributed by atoms with Gasteiger partial charge in [-0.3, -0.25) is 0 Å². The van der Waals surface area contributed by atoms with E-state index in [1.54, 1.807) is 13.3 Å². The summed E-state index contributed by atoms with van der Waals surface area (Å²) < 4.78 is 17.0. The number of nitrogens with zero attached hydrogens (tertiary/aromatic N) is 4. The number of fused-ring (bicyclic) bond motifs is 1. The molecule has 0 bridgehead atoms. The van der Waals surface area contributed by atoms with E-state index < -0.39 is 0 Å². The van der Waals surface area contributed by atoms with E-state index in [0.717, 1.165) is 23.7 Å². The van der Waals surface area contributed by atoms with Crippen molar-refractivity contribution in [1.82, 2.24) is 19.8 Å². The van der Waals surface area contributed by atoms with Gasteiger partial charge in [0.05, 0.1) is 25.8 Å². The summed E-state index contributed by atoms with van der Waals surface area (Å²) in [6, 6.07) is 3.89. The number of aromatic nitrogens is 2. The Morgan fingerprint density at radius 1 is 1.11 bits per heavy atom. The third-order valence-corrected chi connectivity index (χ3v) is 5.08. The van der Waals surface area contributed by atoms with Crippen LogP contribution in [0, 0.1) is 0 Å². The van der Waals surface area contributed by atoms with Gasteiger partial charge < -0.3 is 24.0 Å². The second kappa shape index (κ2) is 7.96. The molecule has 2 aromatic rings. The maximum absolute atomic E-state index is 12.6. The van der Waals surface area contributed by atoms with Crippen molar-refractivity contribution in [3.8, 4) is 11.5 Å². The van der Waals surface area contributed by atoms with E-state index >= 15 is 0 Å². The Balaban J connectivity index is 1.39. The summed E-state index contributed by atoms with van der Waals surface area (Å²) in [5.41, 5.74) is 0.820. The summed E-state index contributed by atoms with van der Waals surface area (Å²) >= 11 is 0. The number of likely N-dealkylation sites (tertiary alicyclic amines) is 1. The van der Waals surface area contributed by atoms with Crippen molar-refractivity contribution in [2.75, 3.05) is 46.5 Å². The Morgan fingerprint density at radius 2 is 1.85 bits per heavy atom. The molecule has 4 rings (SSSR count). The molecule has 1 aromatic carbocycles. The van der Waals surface area contributed by atoms with E-state index in [9.17, 15) is 4.79 Å². The molecule has 0 N–H and O–H groups in total. The summed E-state index contributed by atoms with van der Waals surface area (Å²) in [5.74, 6) is 1.35. The Labute approximate surface area is 158 Å². The number of rotatable bonds is 3. The lowest BCUT2D eigenvalue weighted by Gasteiger charge is -2.37. The molecule has 0 aliphatic carbocycles. The number of urea groups is 1. The molecule has 3 heterocycles. The van der Waals surface area contributed by atoms with Crippen LogP contribution in [0.25, 0.3) is 10.9 Å². The van der Waals surface area contributed by atoms with Crippen LogP contribution in [0.5, 0.6) is 11.5 Å². The molecule has 1 aromatic heterocycles. The molecule has 0 unspecified atom stereocenters. The first kappa shape index (κ1) is 17.8. The van der Waals surface area contributed by atoms with Gasteiger partial charge in [0.25, 0.3) is 0 Å². The Hall–Kier alpha value is -2.61. The first-order valence-electron chi connectivity index (χ1n) is 9.30. The number of carbonyl (C=O) groups excluding carboxylic acids is 1. The van der Waals surface area contributed by atoms with Gasteiger partial charge in [-0.1, -0.05) is 0 Å². The van der Waals surface area contributed by atoms with Crippen molar-refractivity contribution in [2.45, 2.75) is 18.9 Å². The minimum Gasteiger partial charge on any atom is -0.493 e. The number of benzene rings is 1. The third kappa shape index (κ3) is 3.90. The normalized spacial score (nSPS) is 18.6. The number of piperidine rings is 1. The second-order valence-electron chi connectivity index (χ2n) is 6.77. The van der Waals surface area contributed by atoms with Crippen molar-refractivity contribution in [3.05, 3.63) is 24.7 Å². The molecule has 8 nitrogen and oxygen atoms in total. The summed E-state index contributed by atoms with van der Waals surface area (Å²) in [6.07, 6.45) is 4.92. The fraction of sp³-hybridized carbons (Fsp3) is 0.526. The number of hydrogen-bond acceptors (Lipinski definition) is 6. The quantitative estimate of drug-likeness (QED) is 0.819. The van der Waals surface area contributed by atoms with E-state index in [0.29, 0.717) is 50.9 Å². The van der Waals surface area contributed by atoms with Gasteiger partial charge in [0.15, 0.2) is 11.5 Å². The summed E-state index contributed by atoms with van der Waals surface area (Å²) in [4.78, 5) is 24.7. The lowest BCUT2D eigenvalue weighted by molar-refractivity contribution is 0.0359. The predicted octanol–water partition coefficient (Wildman–Crippen LogP) is 1.93. The van der Waals surface area contributed by atoms with E-state index in [1.807, 2.05) is 21.9 Å². The van der Waals surface area contributed by atoms with Crippen molar-refractivity contribution in [2.24, 2.45) is 0 Å². The Kier molecular flexibility index (Phi) is 5.24. The molecule has 27 heavy (non-hydrogen) atoms. The molecule has 8 heteroatoms. The maximum atomic E-state index is 12.6. The Morgan fingerprint density at radius 3 is 2.59 bits per heavy atom. The van der Waals surface area contributed by atoms with Gasteiger partial charge in [0.1, 0.15) is 12.4 Å². The molecule has 0 radical (unpaired) electrons. The van der Waals surface area contributed by atoms with Crippen LogP contribution in [-0.2, 0) is 4.74 Å². The first-order valence-corrected chi connectivity index (χ1v) is 9.30. The number of ether oxygens (including phenoxy) is 3. The molecule has 0 spiro atoms. The van der Waals surface area contributed by atoms with Gasteiger partial charge in [-0.15, -0.1) is 0 Å². The van der Waals surface area contributed by atoms with E-state index in [2.05, 4.69) is 9.97 Å². The molecule has 2 aliphatic rings. The molecule has 2 amide bonds. The van der Waals surface area contributed by atoms with Crippen molar-refractivity contribution < 1.29 is 19.0 Å². The predicted molar refractivity (Wildman–Crippen MR) is 99.1 cm³/mol. The highest BCUT2D eigenvalue weighted by atomic mass is 16.5. The summed E-state index contributed by atoms with van der Waals surface area (Å²) in [5, 5.41) is 0.910. The van der Waals surface area contributed by atoms with Crippen molar-refractivity contribution in [3.63, 3.8) is 0 Å². The molecule has 0 atom stereocenters. The zero-order chi connectivity index (χ0) is 18.6. The van der Waals surface area contributed by atoms with Crippen molar-refractivity contribution in [1.29, 1.82) is 0 Å². The van der Waals surface area contributed by atoms with E-state index in [-0.39, 0.29) is 12.1 Å². The average Bonchev–Trinajstić information content (AvgIpc) is 2.74. The smallest absolute Gasteiger partial charge is 0.320 e. The zero-order valence-corrected chi connectivity index (χ0v) is 15.5. The lowest BCUT2D eigenvalue weighted by Crippen LogP contribution is -2.51. The average molecular weight is 372 g/mol. The fourth-order valence-electron chi connectivity index (χ4n) is 3.54. The van der Waals surface area contributed by atoms with Crippen LogP contribution in [0.15, 0.2) is 24.7 Å². The largest absolute Gasteiger partial charge is 0.493 e. The fourth-order valence-corrected chi connectivity index (χ4v) is 3.54. The van der Waals surface area contributed by atoms with Crippen LogP contribution >= 0.6 is 0 Å². The number of morpholine rings is 1. The van der Waals surface area contributed by atoms with Crippen molar-refractivity contribution >= 4 is 16.9 Å². The lowest BCUT2D eigenvalue weighted by atomic mass is 10.1. The number of amides is 2. The van der Waals surface area contributed by atoms with Crippen LogP contribution < -0.4 is 9.47 Å². The molecule has 2 fully saturated rings. The van der Waals surface area contributed by atoms with Crippen LogP contribution in [-0.4, -0.2) is 78.4 Å². The van der Waals surface area contributed by atoms with Gasteiger partial charge in [-0.25, -0.2) is 14.8 Å². The highest BCUT2D eigenvalue weighted by Crippen LogP contribution is 2.33. The monoisotopic (exact) mass is 372 g/mol. The van der Waals surface area contributed by atoms with Gasteiger partial charge in [-0.2, -0.15) is 0 Å². The molecule has 2 aliphatic heterocycles. The van der Waals surface area contributed by atoms with Crippen LogP contribution in [0.2, 0.25) is 0 Å². The second-order valence-corrected chi connectivity index (χ2v) is 6.77. The number of carbonyl (C=O) groups is 1. The van der Waals surface area contributed by atoms with Crippen LogP contribution in [0.3, 0.4) is 0 Å². The molecule has 0 saturated carbocycles. The van der Waals surface area contributed by atoms with Gasteiger partial charge >= 0.3 is 6.03 Å². The molecule has 2 saturated heterocycles. The summed E-state index contributed by atoms with van der Waals surface area (Å²) in [7, 11) is 1.62. The van der Waals surface area contributed by atoms with Gasteiger partial charge in [0, 0.05) is 56.7 Å². The maximum Gasteiger partial charge on any atom is 0.320 e. The van der Waals surface area contributed by atoms with E-state index in [1.165, 1.54) is 6.33 Å².